The minimum absolute atomic E-state index is 0.0397. The molecular formula is C18H22N4O2. The highest BCUT2D eigenvalue weighted by Crippen LogP contribution is 2.23. The summed E-state index contributed by atoms with van der Waals surface area (Å²) < 4.78 is 5.20. The van der Waals surface area contributed by atoms with Crippen molar-refractivity contribution < 1.29 is 9.53 Å². The first kappa shape index (κ1) is 16.4. The Morgan fingerprint density at radius 1 is 1.25 bits per heavy atom. The van der Waals surface area contributed by atoms with E-state index in [1.807, 2.05) is 36.1 Å². The predicted molar refractivity (Wildman–Crippen MR) is 92.0 cm³/mol. The zero-order valence-corrected chi connectivity index (χ0v) is 14.1. The summed E-state index contributed by atoms with van der Waals surface area (Å²) in [6.07, 6.45) is 1.79. The highest BCUT2D eigenvalue weighted by Gasteiger charge is 2.25. The maximum atomic E-state index is 12.8. The molecule has 1 amide bonds. The second kappa shape index (κ2) is 7.40. The fourth-order valence-electron chi connectivity index (χ4n) is 2.89. The maximum Gasteiger partial charge on any atom is 0.272 e. The molecule has 6 nitrogen and oxygen atoms in total. The SMILES string of the molecule is COCCN1CCN(C(=O)c2cccc(C)n2)Cc2cccnc21. The van der Waals surface area contributed by atoms with Crippen molar-refractivity contribution in [3.63, 3.8) is 0 Å². The molecule has 0 bridgehead atoms. The number of rotatable bonds is 4. The number of methoxy groups -OCH3 is 1. The molecule has 0 aromatic carbocycles. The second-order valence-electron chi connectivity index (χ2n) is 5.86. The molecular weight excluding hydrogens is 304 g/mol. The number of ether oxygens (including phenoxy) is 1. The molecule has 0 N–H and O–H groups in total. The van der Waals surface area contributed by atoms with Gasteiger partial charge in [0.05, 0.1) is 6.61 Å². The fraction of sp³-hybridized carbons (Fsp3) is 0.389. The van der Waals surface area contributed by atoms with E-state index < -0.39 is 0 Å². The minimum Gasteiger partial charge on any atom is -0.383 e. The van der Waals surface area contributed by atoms with Gasteiger partial charge in [0.25, 0.3) is 5.91 Å². The quantitative estimate of drug-likeness (QED) is 0.859. The van der Waals surface area contributed by atoms with Gasteiger partial charge in [0.15, 0.2) is 0 Å². The molecule has 24 heavy (non-hydrogen) atoms. The van der Waals surface area contributed by atoms with E-state index in [4.69, 9.17) is 4.74 Å². The van der Waals surface area contributed by atoms with Crippen molar-refractivity contribution in [3.8, 4) is 0 Å². The summed E-state index contributed by atoms with van der Waals surface area (Å²) >= 11 is 0. The molecule has 0 atom stereocenters. The minimum atomic E-state index is -0.0397. The molecule has 0 spiro atoms. The van der Waals surface area contributed by atoms with E-state index in [0.717, 1.165) is 30.2 Å². The lowest BCUT2D eigenvalue weighted by atomic mass is 10.2. The van der Waals surface area contributed by atoms with Gasteiger partial charge in [0.1, 0.15) is 11.5 Å². The molecule has 0 unspecified atom stereocenters. The van der Waals surface area contributed by atoms with Gasteiger partial charge in [-0.1, -0.05) is 12.1 Å². The molecule has 0 saturated heterocycles. The van der Waals surface area contributed by atoms with Crippen LogP contribution in [0.3, 0.4) is 0 Å². The van der Waals surface area contributed by atoms with E-state index >= 15 is 0 Å². The lowest BCUT2D eigenvalue weighted by molar-refractivity contribution is 0.0745. The van der Waals surface area contributed by atoms with E-state index in [9.17, 15) is 4.79 Å². The first-order valence-electron chi connectivity index (χ1n) is 8.10. The smallest absolute Gasteiger partial charge is 0.272 e. The van der Waals surface area contributed by atoms with E-state index in [1.54, 1.807) is 19.4 Å². The molecule has 126 valence electrons. The van der Waals surface area contributed by atoms with Crippen molar-refractivity contribution in [2.45, 2.75) is 13.5 Å². The molecule has 0 fully saturated rings. The van der Waals surface area contributed by atoms with Crippen molar-refractivity contribution in [1.82, 2.24) is 14.9 Å². The van der Waals surface area contributed by atoms with Crippen molar-refractivity contribution >= 4 is 11.7 Å². The van der Waals surface area contributed by atoms with Gasteiger partial charge in [-0.3, -0.25) is 4.79 Å². The summed E-state index contributed by atoms with van der Waals surface area (Å²) in [5.41, 5.74) is 2.39. The maximum absolute atomic E-state index is 12.8. The van der Waals surface area contributed by atoms with Crippen LogP contribution in [-0.4, -0.2) is 54.1 Å². The molecule has 3 heterocycles. The molecule has 3 rings (SSSR count). The highest BCUT2D eigenvalue weighted by molar-refractivity contribution is 5.92. The molecule has 1 aliphatic heterocycles. The number of carbonyl (C=O) groups is 1. The Bertz CT molecular complexity index is 720. The van der Waals surface area contributed by atoms with Crippen LogP contribution in [0.5, 0.6) is 0 Å². The van der Waals surface area contributed by atoms with Gasteiger partial charge in [0.2, 0.25) is 0 Å². The van der Waals surface area contributed by atoms with Gasteiger partial charge in [-0.15, -0.1) is 0 Å². The number of hydrogen-bond donors (Lipinski definition) is 0. The van der Waals surface area contributed by atoms with Crippen molar-refractivity contribution in [2.24, 2.45) is 0 Å². The van der Waals surface area contributed by atoms with Crippen LogP contribution in [0.4, 0.5) is 5.82 Å². The average Bonchev–Trinajstić information content (AvgIpc) is 2.79. The van der Waals surface area contributed by atoms with Crippen LogP contribution in [0.2, 0.25) is 0 Å². The topological polar surface area (TPSA) is 58.6 Å². The number of anilines is 1. The highest BCUT2D eigenvalue weighted by atomic mass is 16.5. The molecule has 0 saturated carbocycles. The Morgan fingerprint density at radius 2 is 2.12 bits per heavy atom. The molecule has 2 aromatic heterocycles. The summed E-state index contributed by atoms with van der Waals surface area (Å²) in [4.78, 5) is 25.7. The Morgan fingerprint density at radius 3 is 2.92 bits per heavy atom. The number of fused-ring (bicyclic) bond motifs is 1. The lowest BCUT2D eigenvalue weighted by Gasteiger charge is -2.23. The van der Waals surface area contributed by atoms with Gasteiger partial charge in [-0.05, 0) is 25.1 Å². The van der Waals surface area contributed by atoms with Crippen LogP contribution in [0.15, 0.2) is 36.5 Å². The van der Waals surface area contributed by atoms with Gasteiger partial charge < -0.3 is 14.5 Å². The van der Waals surface area contributed by atoms with Crippen LogP contribution in [0.25, 0.3) is 0 Å². The monoisotopic (exact) mass is 326 g/mol. The van der Waals surface area contributed by atoms with Crippen molar-refractivity contribution in [2.75, 3.05) is 38.3 Å². The fourth-order valence-corrected chi connectivity index (χ4v) is 2.89. The molecule has 2 aromatic rings. The van der Waals surface area contributed by atoms with Gasteiger partial charge >= 0.3 is 0 Å². The normalized spacial score (nSPS) is 14.2. The third-order valence-electron chi connectivity index (χ3n) is 4.13. The summed E-state index contributed by atoms with van der Waals surface area (Å²) in [6, 6.07) is 9.47. The average molecular weight is 326 g/mol. The van der Waals surface area contributed by atoms with Crippen LogP contribution >= 0.6 is 0 Å². The molecule has 0 aliphatic carbocycles. The standard InChI is InChI=1S/C18H22N4O2/c1-14-5-3-7-16(20-14)18(23)22-10-9-21(11-12-24-2)17-15(13-22)6-4-8-19-17/h3-8H,9-13H2,1-2H3. The largest absolute Gasteiger partial charge is 0.383 e. The van der Waals surface area contributed by atoms with Gasteiger partial charge in [-0.25, -0.2) is 9.97 Å². The Labute approximate surface area is 142 Å². The summed E-state index contributed by atoms with van der Waals surface area (Å²) in [7, 11) is 1.69. The summed E-state index contributed by atoms with van der Waals surface area (Å²) in [5.74, 6) is 0.893. The Balaban J connectivity index is 1.84. The zero-order chi connectivity index (χ0) is 16.9. The molecule has 1 aliphatic rings. The number of aromatic nitrogens is 2. The number of hydrogen-bond acceptors (Lipinski definition) is 5. The third kappa shape index (κ3) is 3.54. The summed E-state index contributed by atoms with van der Waals surface area (Å²) in [6.45, 7) is 5.18. The van der Waals surface area contributed by atoms with Crippen LogP contribution in [-0.2, 0) is 11.3 Å². The number of aryl methyl sites for hydroxylation is 1. The summed E-state index contributed by atoms with van der Waals surface area (Å²) in [5, 5.41) is 0. The van der Waals surface area contributed by atoms with Crippen molar-refractivity contribution in [3.05, 3.63) is 53.5 Å². The van der Waals surface area contributed by atoms with Crippen LogP contribution in [0, 0.1) is 6.92 Å². The van der Waals surface area contributed by atoms with E-state index in [0.29, 0.717) is 25.4 Å². The number of amides is 1. The second-order valence-corrected chi connectivity index (χ2v) is 5.86. The Kier molecular flexibility index (Phi) is 5.05. The first-order valence-corrected chi connectivity index (χ1v) is 8.10. The van der Waals surface area contributed by atoms with Gasteiger partial charge in [-0.2, -0.15) is 0 Å². The van der Waals surface area contributed by atoms with E-state index in [-0.39, 0.29) is 5.91 Å². The lowest BCUT2D eigenvalue weighted by Crippen LogP contribution is -2.37. The first-order chi connectivity index (χ1) is 11.7. The zero-order valence-electron chi connectivity index (χ0n) is 14.1. The third-order valence-corrected chi connectivity index (χ3v) is 4.13. The predicted octanol–water partition coefficient (Wildman–Crippen LogP) is 1.89. The number of pyridine rings is 2. The van der Waals surface area contributed by atoms with E-state index in [2.05, 4.69) is 14.9 Å². The van der Waals surface area contributed by atoms with Gasteiger partial charge in [0, 0.05) is 50.7 Å². The number of carbonyl (C=O) groups excluding carboxylic acids is 1. The van der Waals surface area contributed by atoms with Crippen LogP contribution < -0.4 is 4.90 Å². The Hall–Kier alpha value is -2.47. The molecule has 0 radical (unpaired) electrons. The van der Waals surface area contributed by atoms with Crippen LogP contribution in [0.1, 0.15) is 21.7 Å². The number of nitrogens with zero attached hydrogens (tertiary/aromatic N) is 4. The van der Waals surface area contributed by atoms with E-state index in [1.165, 1.54) is 0 Å². The molecule has 6 heteroatoms. The van der Waals surface area contributed by atoms with Crippen molar-refractivity contribution in [1.29, 1.82) is 0 Å².